The molecule has 0 fully saturated rings. The molecular formula is C17H16N4O2. The Morgan fingerprint density at radius 1 is 1.09 bits per heavy atom. The highest BCUT2D eigenvalue weighted by molar-refractivity contribution is 6.06. The number of carbonyl (C=O) groups excluding carboxylic acids is 2. The first-order chi connectivity index (χ1) is 11.1. The maximum atomic E-state index is 12.1. The summed E-state index contributed by atoms with van der Waals surface area (Å²) in [6.07, 6.45) is 0. The zero-order valence-electron chi connectivity index (χ0n) is 12.6. The van der Waals surface area contributed by atoms with E-state index in [2.05, 4.69) is 20.8 Å². The fourth-order valence-corrected chi connectivity index (χ4v) is 2.22. The van der Waals surface area contributed by atoms with Gasteiger partial charge in [0.1, 0.15) is 0 Å². The molecule has 0 aliphatic carbocycles. The highest BCUT2D eigenvalue weighted by Crippen LogP contribution is 2.14. The van der Waals surface area contributed by atoms with Crippen LogP contribution in [-0.4, -0.2) is 28.6 Å². The molecule has 0 radical (unpaired) electrons. The van der Waals surface area contributed by atoms with E-state index in [4.69, 9.17) is 0 Å². The summed E-state index contributed by atoms with van der Waals surface area (Å²) in [4.78, 5) is 24.0. The van der Waals surface area contributed by atoms with Crippen LogP contribution in [-0.2, 0) is 4.79 Å². The van der Waals surface area contributed by atoms with Crippen molar-refractivity contribution >= 4 is 28.4 Å². The first-order valence-electron chi connectivity index (χ1n) is 7.21. The van der Waals surface area contributed by atoms with Gasteiger partial charge in [-0.2, -0.15) is 5.10 Å². The third-order valence-corrected chi connectivity index (χ3v) is 3.43. The maximum absolute atomic E-state index is 12.1. The zero-order chi connectivity index (χ0) is 16.2. The fourth-order valence-electron chi connectivity index (χ4n) is 2.22. The number of H-pyrrole nitrogens is 1. The second kappa shape index (κ2) is 6.31. The molecule has 116 valence electrons. The van der Waals surface area contributed by atoms with Gasteiger partial charge in [0, 0.05) is 11.1 Å². The van der Waals surface area contributed by atoms with Crippen LogP contribution in [0, 0.1) is 6.92 Å². The van der Waals surface area contributed by atoms with E-state index in [0.29, 0.717) is 5.69 Å². The minimum atomic E-state index is -0.387. The quantitative estimate of drug-likeness (QED) is 0.691. The molecule has 2 amide bonds. The number of anilines is 1. The summed E-state index contributed by atoms with van der Waals surface area (Å²) in [5, 5.41) is 12.8. The molecule has 2 aromatic carbocycles. The summed E-state index contributed by atoms with van der Waals surface area (Å²) < 4.78 is 0. The largest absolute Gasteiger partial charge is 0.342 e. The summed E-state index contributed by atoms with van der Waals surface area (Å²) in [5.74, 6) is -0.677. The van der Waals surface area contributed by atoms with Gasteiger partial charge in [-0.3, -0.25) is 14.7 Å². The predicted octanol–water partition coefficient (Wildman–Crippen LogP) is 2.24. The Morgan fingerprint density at radius 3 is 2.61 bits per heavy atom. The molecule has 3 N–H and O–H groups in total. The van der Waals surface area contributed by atoms with E-state index < -0.39 is 0 Å². The second-order valence-corrected chi connectivity index (χ2v) is 5.21. The average molecular weight is 308 g/mol. The average Bonchev–Trinajstić information content (AvgIpc) is 2.99. The summed E-state index contributed by atoms with van der Waals surface area (Å²) in [6.45, 7) is 1.86. The molecule has 0 unspecified atom stereocenters. The van der Waals surface area contributed by atoms with Crippen LogP contribution in [0.15, 0.2) is 48.5 Å². The number of hydrogen-bond donors (Lipinski definition) is 3. The molecule has 6 heteroatoms. The molecule has 1 heterocycles. The third-order valence-electron chi connectivity index (χ3n) is 3.43. The van der Waals surface area contributed by atoms with Crippen molar-refractivity contribution in [2.45, 2.75) is 6.92 Å². The van der Waals surface area contributed by atoms with Gasteiger partial charge in [0.15, 0.2) is 5.69 Å². The summed E-state index contributed by atoms with van der Waals surface area (Å²) >= 11 is 0. The lowest BCUT2D eigenvalue weighted by atomic mass is 10.2. The van der Waals surface area contributed by atoms with Gasteiger partial charge in [0.05, 0.1) is 12.1 Å². The van der Waals surface area contributed by atoms with Crippen LogP contribution in [0.1, 0.15) is 16.1 Å². The van der Waals surface area contributed by atoms with Crippen LogP contribution in [0.3, 0.4) is 0 Å². The van der Waals surface area contributed by atoms with Crippen LogP contribution < -0.4 is 10.6 Å². The van der Waals surface area contributed by atoms with Gasteiger partial charge in [0.2, 0.25) is 5.91 Å². The Kier molecular flexibility index (Phi) is 4.05. The lowest BCUT2D eigenvalue weighted by Gasteiger charge is -2.06. The van der Waals surface area contributed by atoms with Crippen molar-refractivity contribution in [3.63, 3.8) is 0 Å². The molecule has 23 heavy (non-hydrogen) atoms. The third kappa shape index (κ3) is 3.37. The van der Waals surface area contributed by atoms with E-state index in [1.54, 1.807) is 6.07 Å². The molecule has 0 aliphatic heterocycles. The Hall–Kier alpha value is -3.15. The van der Waals surface area contributed by atoms with Gasteiger partial charge >= 0.3 is 0 Å². The molecule has 6 nitrogen and oxygen atoms in total. The van der Waals surface area contributed by atoms with Gasteiger partial charge in [-0.15, -0.1) is 0 Å². The summed E-state index contributed by atoms with van der Waals surface area (Å²) in [7, 11) is 0. The van der Waals surface area contributed by atoms with Crippen molar-refractivity contribution < 1.29 is 9.59 Å². The van der Waals surface area contributed by atoms with Crippen LogP contribution in [0.4, 0.5) is 5.69 Å². The number of carbonyl (C=O) groups is 2. The molecule has 3 rings (SSSR count). The van der Waals surface area contributed by atoms with Crippen LogP contribution in [0.5, 0.6) is 0 Å². The zero-order valence-corrected chi connectivity index (χ0v) is 12.6. The number of aryl methyl sites for hydroxylation is 1. The Morgan fingerprint density at radius 2 is 1.83 bits per heavy atom. The van der Waals surface area contributed by atoms with Crippen molar-refractivity contribution in [2.75, 3.05) is 11.9 Å². The smallest absolute Gasteiger partial charge is 0.272 e. The number of nitrogens with one attached hydrogen (secondary N) is 3. The summed E-state index contributed by atoms with van der Waals surface area (Å²) in [6, 6.07) is 14.8. The van der Waals surface area contributed by atoms with Crippen LogP contribution in [0.2, 0.25) is 0 Å². The van der Waals surface area contributed by atoms with Crippen molar-refractivity contribution in [1.82, 2.24) is 15.5 Å². The molecule has 0 saturated heterocycles. The van der Waals surface area contributed by atoms with E-state index in [1.165, 1.54) is 0 Å². The Balaban J connectivity index is 1.60. The highest BCUT2D eigenvalue weighted by atomic mass is 16.2. The van der Waals surface area contributed by atoms with E-state index in [-0.39, 0.29) is 24.1 Å². The van der Waals surface area contributed by atoms with Gasteiger partial charge < -0.3 is 10.6 Å². The fraction of sp³-hybridized carbons (Fsp3) is 0.118. The molecule has 0 spiro atoms. The number of benzene rings is 2. The van der Waals surface area contributed by atoms with E-state index >= 15 is 0 Å². The lowest BCUT2D eigenvalue weighted by Crippen LogP contribution is -2.33. The predicted molar refractivity (Wildman–Crippen MR) is 88.2 cm³/mol. The van der Waals surface area contributed by atoms with Gasteiger partial charge in [-0.1, -0.05) is 35.9 Å². The number of hydrogen-bond acceptors (Lipinski definition) is 3. The number of amides is 2. The lowest BCUT2D eigenvalue weighted by molar-refractivity contribution is -0.115. The first-order valence-corrected chi connectivity index (χ1v) is 7.21. The molecule has 0 aliphatic rings. The van der Waals surface area contributed by atoms with E-state index in [9.17, 15) is 9.59 Å². The van der Waals surface area contributed by atoms with Crippen LogP contribution >= 0.6 is 0 Å². The number of rotatable bonds is 4. The monoisotopic (exact) mass is 308 g/mol. The highest BCUT2D eigenvalue weighted by Gasteiger charge is 2.14. The number of aromatic nitrogens is 2. The van der Waals surface area contributed by atoms with Crippen molar-refractivity contribution in [3.05, 3.63) is 59.8 Å². The number of para-hydroxylation sites is 1. The van der Waals surface area contributed by atoms with Crippen molar-refractivity contribution in [1.29, 1.82) is 0 Å². The molecule has 0 saturated carbocycles. The molecular weight excluding hydrogens is 292 g/mol. The molecule has 0 atom stereocenters. The van der Waals surface area contributed by atoms with Crippen molar-refractivity contribution in [2.24, 2.45) is 0 Å². The minimum absolute atomic E-state index is 0.117. The van der Waals surface area contributed by atoms with Crippen LogP contribution in [0.25, 0.3) is 10.9 Å². The second-order valence-electron chi connectivity index (χ2n) is 5.21. The maximum Gasteiger partial charge on any atom is 0.272 e. The molecule has 0 bridgehead atoms. The topological polar surface area (TPSA) is 86.9 Å². The number of nitrogens with zero attached hydrogens (tertiary/aromatic N) is 1. The summed E-state index contributed by atoms with van der Waals surface area (Å²) in [5.41, 5.74) is 2.87. The van der Waals surface area contributed by atoms with Gasteiger partial charge in [-0.05, 0) is 25.1 Å². The van der Waals surface area contributed by atoms with E-state index in [1.807, 2.05) is 49.4 Å². The number of aromatic amines is 1. The molecule has 3 aromatic rings. The Labute approximate surface area is 132 Å². The van der Waals surface area contributed by atoms with Crippen molar-refractivity contribution in [3.8, 4) is 0 Å². The molecule has 1 aromatic heterocycles. The van der Waals surface area contributed by atoms with Gasteiger partial charge in [-0.25, -0.2) is 0 Å². The minimum Gasteiger partial charge on any atom is -0.342 e. The SMILES string of the molecule is Cc1ccc(NC(=O)CNC(=O)c2n[nH]c3ccccc23)cc1. The Bertz CT molecular complexity index is 852. The normalized spacial score (nSPS) is 10.5. The van der Waals surface area contributed by atoms with Gasteiger partial charge in [0.25, 0.3) is 5.91 Å². The first kappa shape index (κ1) is 14.8. The standard InChI is InChI=1S/C17H16N4O2/c1-11-6-8-12(9-7-11)19-15(22)10-18-17(23)16-13-4-2-3-5-14(13)20-21-16/h2-9H,10H2,1H3,(H,18,23)(H,19,22)(H,20,21). The van der Waals surface area contributed by atoms with E-state index in [0.717, 1.165) is 16.5 Å². The number of fused-ring (bicyclic) bond motifs is 1.